The van der Waals surface area contributed by atoms with Gasteiger partial charge in [0.1, 0.15) is 0 Å². The first-order valence-electron chi connectivity index (χ1n) is 6.29. The van der Waals surface area contributed by atoms with E-state index in [0.29, 0.717) is 5.56 Å². The smallest absolute Gasteiger partial charge is 0.256 e. The van der Waals surface area contributed by atoms with Gasteiger partial charge in [-0.05, 0) is 48.9 Å². The summed E-state index contributed by atoms with van der Waals surface area (Å²) in [6.07, 6.45) is 1.84. The van der Waals surface area contributed by atoms with Gasteiger partial charge in [0.2, 0.25) is 0 Å². The van der Waals surface area contributed by atoms with Crippen molar-refractivity contribution < 1.29 is 4.79 Å². The number of hydrogen-bond acceptors (Lipinski definition) is 1. The molecular weight excluding hydrogens is 316 g/mol. The fraction of sp³-hybridized carbons (Fsp3) is 0.0625. The average Bonchev–Trinajstić information content (AvgIpc) is 2.90. The van der Waals surface area contributed by atoms with Crippen LogP contribution in [0, 0.1) is 6.92 Å². The highest BCUT2D eigenvalue weighted by atomic mass is 79.9. The van der Waals surface area contributed by atoms with Gasteiger partial charge in [-0.1, -0.05) is 22.0 Å². The molecule has 3 rings (SSSR count). The lowest BCUT2D eigenvalue weighted by atomic mass is 10.1. The van der Waals surface area contributed by atoms with E-state index in [2.05, 4.69) is 26.2 Å². The first-order chi connectivity index (χ1) is 9.65. The molecule has 0 spiro atoms. The summed E-state index contributed by atoms with van der Waals surface area (Å²) < 4.78 is 1.00. The minimum atomic E-state index is -0.0966. The van der Waals surface area contributed by atoms with Crippen molar-refractivity contribution in [1.29, 1.82) is 0 Å². The highest BCUT2D eigenvalue weighted by Gasteiger charge is 2.11. The van der Waals surface area contributed by atoms with Crippen LogP contribution < -0.4 is 5.32 Å². The van der Waals surface area contributed by atoms with Crippen molar-refractivity contribution in [3.63, 3.8) is 0 Å². The van der Waals surface area contributed by atoms with E-state index in [-0.39, 0.29) is 5.91 Å². The van der Waals surface area contributed by atoms with Gasteiger partial charge < -0.3 is 10.3 Å². The van der Waals surface area contributed by atoms with Gasteiger partial charge in [0.05, 0.1) is 0 Å². The summed E-state index contributed by atoms with van der Waals surface area (Å²) in [7, 11) is 0. The lowest BCUT2D eigenvalue weighted by Crippen LogP contribution is -2.13. The maximum Gasteiger partial charge on any atom is 0.256 e. The van der Waals surface area contributed by atoms with Gasteiger partial charge in [-0.2, -0.15) is 0 Å². The van der Waals surface area contributed by atoms with Crippen LogP contribution in [0.4, 0.5) is 5.69 Å². The second kappa shape index (κ2) is 5.13. The number of amides is 1. The highest BCUT2D eigenvalue weighted by molar-refractivity contribution is 9.10. The molecule has 0 fully saturated rings. The van der Waals surface area contributed by atoms with Gasteiger partial charge in [0, 0.05) is 32.8 Å². The summed E-state index contributed by atoms with van der Waals surface area (Å²) in [5, 5.41) is 3.89. The first-order valence-corrected chi connectivity index (χ1v) is 7.08. The van der Waals surface area contributed by atoms with Crippen molar-refractivity contribution in [2.24, 2.45) is 0 Å². The molecule has 0 bridgehead atoms. The Bertz CT molecular complexity index is 792. The second-order valence-corrected chi connectivity index (χ2v) is 5.57. The van der Waals surface area contributed by atoms with Crippen molar-refractivity contribution in [2.45, 2.75) is 6.92 Å². The first kappa shape index (κ1) is 12.9. The zero-order valence-corrected chi connectivity index (χ0v) is 12.5. The highest BCUT2D eigenvalue weighted by Crippen LogP contribution is 2.22. The number of aromatic nitrogens is 1. The van der Waals surface area contributed by atoms with E-state index >= 15 is 0 Å². The van der Waals surface area contributed by atoms with Crippen LogP contribution in [0.15, 0.2) is 53.1 Å². The van der Waals surface area contributed by atoms with Crippen LogP contribution >= 0.6 is 15.9 Å². The molecular formula is C16H13BrN2O. The summed E-state index contributed by atoms with van der Waals surface area (Å²) in [6.45, 7) is 1.97. The molecule has 0 aliphatic carbocycles. The Kier molecular flexibility index (Phi) is 3.32. The number of benzene rings is 2. The molecule has 3 aromatic rings. The lowest BCUT2D eigenvalue weighted by molar-refractivity contribution is 0.102. The standard InChI is InChI=1S/C16H13BrN2O/c1-10-9-11(17)5-6-14(10)19-16(20)13-3-2-4-15-12(13)7-8-18-15/h2-9,18H,1H3,(H,19,20). The molecule has 3 nitrogen and oxygen atoms in total. The third-order valence-corrected chi connectivity index (χ3v) is 3.77. The van der Waals surface area contributed by atoms with Crippen molar-refractivity contribution in [3.8, 4) is 0 Å². The van der Waals surface area contributed by atoms with Crippen LogP contribution in [0.25, 0.3) is 10.9 Å². The largest absolute Gasteiger partial charge is 0.361 e. The van der Waals surface area contributed by atoms with E-state index in [9.17, 15) is 4.79 Å². The van der Waals surface area contributed by atoms with Crippen molar-refractivity contribution >= 4 is 38.4 Å². The minimum absolute atomic E-state index is 0.0966. The molecule has 1 aromatic heterocycles. The third-order valence-electron chi connectivity index (χ3n) is 3.28. The zero-order valence-electron chi connectivity index (χ0n) is 10.9. The molecule has 0 radical (unpaired) electrons. The number of carbonyl (C=O) groups is 1. The quantitative estimate of drug-likeness (QED) is 0.715. The average molecular weight is 329 g/mol. The van der Waals surface area contributed by atoms with Crippen LogP contribution in [-0.4, -0.2) is 10.9 Å². The predicted molar refractivity (Wildman–Crippen MR) is 85.1 cm³/mol. The number of halogens is 1. The van der Waals surface area contributed by atoms with Crippen molar-refractivity contribution in [2.75, 3.05) is 5.32 Å². The maximum absolute atomic E-state index is 12.4. The molecule has 4 heteroatoms. The third kappa shape index (κ3) is 2.34. The van der Waals surface area contributed by atoms with Crippen molar-refractivity contribution in [1.82, 2.24) is 4.98 Å². The van der Waals surface area contributed by atoms with E-state index < -0.39 is 0 Å². The number of aromatic amines is 1. The van der Waals surface area contributed by atoms with Crippen LogP contribution in [0.2, 0.25) is 0 Å². The number of rotatable bonds is 2. The van der Waals surface area contributed by atoms with Crippen molar-refractivity contribution in [3.05, 3.63) is 64.3 Å². The molecule has 100 valence electrons. The normalized spacial score (nSPS) is 10.7. The lowest BCUT2D eigenvalue weighted by Gasteiger charge is -2.09. The number of aryl methyl sites for hydroxylation is 1. The second-order valence-electron chi connectivity index (χ2n) is 4.66. The number of carbonyl (C=O) groups excluding carboxylic acids is 1. The molecule has 2 aromatic carbocycles. The van der Waals surface area contributed by atoms with Gasteiger partial charge in [-0.15, -0.1) is 0 Å². The van der Waals surface area contributed by atoms with E-state index in [1.54, 1.807) is 0 Å². The topological polar surface area (TPSA) is 44.9 Å². The zero-order chi connectivity index (χ0) is 14.1. The Morgan fingerprint density at radius 2 is 2.05 bits per heavy atom. The number of nitrogens with one attached hydrogen (secondary N) is 2. The summed E-state index contributed by atoms with van der Waals surface area (Å²) in [5.74, 6) is -0.0966. The summed E-state index contributed by atoms with van der Waals surface area (Å²) >= 11 is 3.42. The molecule has 0 aliphatic heterocycles. The molecule has 0 saturated carbocycles. The van der Waals surface area contributed by atoms with Gasteiger partial charge in [-0.25, -0.2) is 0 Å². The van der Waals surface area contributed by atoms with E-state index in [0.717, 1.165) is 26.6 Å². The summed E-state index contributed by atoms with van der Waals surface area (Å²) in [6, 6.07) is 13.4. The number of anilines is 1. The monoisotopic (exact) mass is 328 g/mol. The minimum Gasteiger partial charge on any atom is -0.361 e. The fourth-order valence-corrected chi connectivity index (χ4v) is 2.72. The molecule has 2 N–H and O–H groups in total. The fourth-order valence-electron chi connectivity index (χ4n) is 2.24. The summed E-state index contributed by atoms with van der Waals surface area (Å²) in [5.41, 5.74) is 3.48. The summed E-state index contributed by atoms with van der Waals surface area (Å²) in [4.78, 5) is 15.5. The van der Waals surface area contributed by atoms with E-state index in [4.69, 9.17) is 0 Å². The van der Waals surface area contributed by atoms with Gasteiger partial charge in [-0.3, -0.25) is 4.79 Å². The number of fused-ring (bicyclic) bond motifs is 1. The molecule has 0 unspecified atom stereocenters. The molecule has 1 heterocycles. The maximum atomic E-state index is 12.4. The van der Waals surface area contributed by atoms with Crippen LogP contribution in [-0.2, 0) is 0 Å². The Morgan fingerprint density at radius 3 is 2.85 bits per heavy atom. The van der Waals surface area contributed by atoms with Gasteiger partial charge in [0.25, 0.3) is 5.91 Å². The Labute approximate surface area is 125 Å². The Balaban J connectivity index is 1.95. The van der Waals surface area contributed by atoms with Crippen LogP contribution in [0.1, 0.15) is 15.9 Å². The van der Waals surface area contributed by atoms with Crippen LogP contribution in [0.5, 0.6) is 0 Å². The van der Waals surface area contributed by atoms with Gasteiger partial charge in [0.15, 0.2) is 0 Å². The Morgan fingerprint density at radius 1 is 1.20 bits per heavy atom. The number of hydrogen-bond donors (Lipinski definition) is 2. The molecule has 20 heavy (non-hydrogen) atoms. The molecule has 0 atom stereocenters. The predicted octanol–water partition coefficient (Wildman–Crippen LogP) is 4.49. The molecule has 0 aliphatic rings. The number of H-pyrrole nitrogens is 1. The van der Waals surface area contributed by atoms with Gasteiger partial charge >= 0.3 is 0 Å². The molecule has 0 saturated heterocycles. The van der Waals surface area contributed by atoms with E-state index in [1.165, 1.54) is 0 Å². The van der Waals surface area contributed by atoms with Crippen LogP contribution in [0.3, 0.4) is 0 Å². The molecule has 1 amide bonds. The Hall–Kier alpha value is -2.07. The SMILES string of the molecule is Cc1cc(Br)ccc1NC(=O)c1cccc2[nH]ccc12. The van der Waals surface area contributed by atoms with E-state index in [1.807, 2.05) is 55.6 Å².